The van der Waals surface area contributed by atoms with Crippen LogP contribution in [0.1, 0.15) is 31.4 Å². The average Bonchev–Trinajstić information content (AvgIpc) is 2.26. The van der Waals surface area contributed by atoms with E-state index in [0.717, 1.165) is 17.7 Å². The Morgan fingerprint density at radius 3 is 2.40 bits per heavy atom. The number of aryl methyl sites for hydroxylation is 1. The molecule has 1 unspecified atom stereocenters. The van der Waals surface area contributed by atoms with E-state index in [2.05, 4.69) is 50.2 Å². The molecule has 0 heterocycles. The largest absolute Gasteiger partial charge is 0.399 e. The normalized spacial score (nSPS) is 13.7. The van der Waals surface area contributed by atoms with Gasteiger partial charge in [0.15, 0.2) is 0 Å². The highest BCUT2D eigenvalue weighted by molar-refractivity contribution is 6.01. The Morgan fingerprint density at radius 1 is 1.33 bits per heavy atom. The van der Waals surface area contributed by atoms with Crippen molar-refractivity contribution in [3.63, 3.8) is 0 Å². The maximum absolute atomic E-state index is 4.90. The van der Waals surface area contributed by atoms with Gasteiger partial charge in [0.25, 0.3) is 0 Å². The van der Waals surface area contributed by atoms with Crippen LogP contribution in [-0.4, -0.2) is 12.8 Å². The average molecular weight is 205 g/mol. The van der Waals surface area contributed by atoms with E-state index in [0.29, 0.717) is 5.92 Å². The van der Waals surface area contributed by atoms with Crippen molar-refractivity contribution >= 4 is 5.71 Å². The maximum Gasteiger partial charge on any atom is 0.106 e. The molecular formula is C13H19NO. The summed E-state index contributed by atoms with van der Waals surface area (Å²) < 4.78 is 0. The summed E-state index contributed by atoms with van der Waals surface area (Å²) in [6.45, 7) is 6.40. The molecule has 1 aromatic rings. The molecule has 2 heteroatoms. The lowest BCUT2D eigenvalue weighted by Gasteiger charge is -2.12. The monoisotopic (exact) mass is 205 g/mol. The number of nitrogens with zero attached hydrogens (tertiary/aromatic N) is 1. The smallest absolute Gasteiger partial charge is 0.106 e. The van der Waals surface area contributed by atoms with Gasteiger partial charge in [-0.05, 0) is 18.9 Å². The van der Waals surface area contributed by atoms with Gasteiger partial charge in [-0.3, -0.25) is 0 Å². The van der Waals surface area contributed by atoms with Crippen LogP contribution in [-0.2, 0) is 4.84 Å². The van der Waals surface area contributed by atoms with E-state index >= 15 is 0 Å². The molecule has 0 aliphatic heterocycles. The standard InChI is InChI=1S/C13H19NO/c1-5-11(3)13(14-15-4)12-8-6-10(2)7-9-12/h6-9,11H,5H2,1-4H3/b14-13+. The number of benzene rings is 1. The Hall–Kier alpha value is -1.31. The van der Waals surface area contributed by atoms with Gasteiger partial charge in [-0.15, -0.1) is 0 Å². The molecule has 2 nitrogen and oxygen atoms in total. The Balaban J connectivity index is 2.99. The zero-order valence-electron chi connectivity index (χ0n) is 9.95. The summed E-state index contributed by atoms with van der Waals surface area (Å²) in [5, 5.41) is 4.11. The summed E-state index contributed by atoms with van der Waals surface area (Å²) in [4.78, 5) is 4.90. The second kappa shape index (κ2) is 5.54. The van der Waals surface area contributed by atoms with E-state index in [-0.39, 0.29) is 0 Å². The van der Waals surface area contributed by atoms with Gasteiger partial charge in [0.2, 0.25) is 0 Å². The van der Waals surface area contributed by atoms with E-state index in [1.54, 1.807) is 7.11 Å². The van der Waals surface area contributed by atoms with Crippen LogP contribution in [0.4, 0.5) is 0 Å². The zero-order valence-corrected chi connectivity index (χ0v) is 9.95. The minimum absolute atomic E-state index is 0.424. The van der Waals surface area contributed by atoms with Crippen LogP contribution in [0.2, 0.25) is 0 Å². The van der Waals surface area contributed by atoms with Crippen molar-refractivity contribution < 1.29 is 4.84 Å². The molecule has 0 aliphatic carbocycles. The quantitative estimate of drug-likeness (QED) is 0.545. The highest BCUT2D eigenvalue weighted by Gasteiger charge is 2.11. The van der Waals surface area contributed by atoms with Crippen molar-refractivity contribution in [3.05, 3.63) is 35.4 Å². The van der Waals surface area contributed by atoms with E-state index in [1.165, 1.54) is 5.56 Å². The molecule has 1 atom stereocenters. The summed E-state index contributed by atoms with van der Waals surface area (Å²) in [5.74, 6) is 0.424. The second-order valence-corrected chi connectivity index (χ2v) is 3.83. The lowest BCUT2D eigenvalue weighted by atomic mass is 9.96. The van der Waals surface area contributed by atoms with Crippen LogP contribution in [0.15, 0.2) is 29.4 Å². The number of rotatable bonds is 4. The van der Waals surface area contributed by atoms with Crippen molar-refractivity contribution in [2.75, 3.05) is 7.11 Å². The Kier molecular flexibility index (Phi) is 4.35. The van der Waals surface area contributed by atoms with Gasteiger partial charge in [0, 0.05) is 5.92 Å². The Labute approximate surface area is 91.9 Å². The molecule has 0 N–H and O–H groups in total. The molecule has 0 saturated carbocycles. The van der Waals surface area contributed by atoms with E-state index in [4.69, 9.17) is 4.84 Å². The minimum Gasteiger partial charge on any atom is -0.399 e. The summed E-state index contributed by atoms with van der Waals surface area (Å²) in [5.41, 5.74) is 3.44. The van der Waals surface area contributed by atoms with Crippen molar-refractivity contribution in [1.82, 2.24) is 0 Å². The van der Waals surface area contributed by atoms with E-state index in [9.17, 15) is 0 Å². The molecule has 0 spiro atoms. The van der Waals surface area contributed by atoms with Crippen LogP contribution in [0.3, 0.4) is 0 Å². The molecule has 0 radical (unpaired) electrons. The lowest BCUT2D eigenvalue weighted by Crippen LogP contribution is -2.12. The van der Waals surface area contributed by atoms with Gasteiger partial charge < -0.3 is 4.84 Å². The van der Waals surface area contributed by atoms with Gasteiger partial charge in [-0.1, -0.05) is 48.8 Å². The Bertz CT molecular complexity index is 327. The summed E-state index contributed by atoms with van der Waals surface area (Å²) in [7, 11) is 1.59. The molecule has 15 heavy (non-hydrogen) atoms. The summed E-state index contributed by atoms with van der Waals surface area (Å²) in [6.07, 6.45) is 1.07. The highest BCUT2D eigenvalue weighted by atomic mass is 16.6. The fourth-order valence-corrected chi connectivity index (χ4v) is 1.44. The summed E-state index contributed by atoms with van der Waals surface area (Å²) >= 11 is 0. The first-order chi connectivity index (χ1) is 7.19. The lowest BCUT2D eigenvalue weighted by molar-refractivity contribution is 0.211. The first-order valence-corrected chi connectivity index (χ1v) is 5.37. The summed E-state index contributed by atoms with van der Waals surface area (Å²) in [6, 6.07) is 8.39. The first kappa shape index (κ1) is 11.8. The van der Waals surface area contributed by atoms with E-state index < -0.39 is 0 Å². The predicted molar refractivity (Wildman–Crippen MR) is 64.2 cm³/mol. The van der Waals surface area contributed by atoms with Crippen molar-refractivity contribution in [2.45, 2.75) is 27.2 Å². The Morgan fingerprint density at radius 2 is 1.93 bits per heavy atom. The SMILES string of the molecule is CCC(C)/C(=N\OC)c1ccc(C)cc1. The molecule has 82 valence electrons. The molecular weight excluding hydrogens is 186 g/mol. The molecule has 1 rings (SSSR count). The van der Waals surface area contributed by atoms with Crippen LogP contribution in [0.5, 0.6) is 0 Å². The minimum atomic E-state index is 0.424. The third-order valence-electron chi connectivity index (χ3n) is 2.62. The van der Waals surface area contributed by atoms with E-state index in [1.807, 2.05) is 0 Å². The zero-order chi connectivity index (χ0) is 11.3. The molecule has 0 fully saturated rings. The topological polar surface area (TPSA) is 21.6 Å². The molecule has 0 aliphatic rings. The molecule has 0 aromatic heterocycles. The third kappa shape index (κ3) is 3.08. The predicted octanol–water partition coefficient (Wildman–Crippen LogP) is 3.39. The van der Waals surface area contributed by atoms with Gasteiger partial charge in [0.1, 0.15) is 7.11 Å². The van der Waals surface area contributed by atoms with Gasteiger partial charge in [0.05, 0.1) is 5.71 Å². The first-order valence-electron chi connectivity index (χ1n) is 5.37. The molecule has 0 amide bonds. The van der Waals surface area contributed by atoms with Gasteiger partial charge >= 0.3 is 0 Å². The van der Waals surface area contributed by atoms with Crippen LogP contribution in [0, 0.1) is 12.8 Å². The number of hydrogen-bond acceptors (Lipinski definition) is 2. The van der Waals surface area contributed by atoms with Crippen molar-refractivity contribution in [1.29, 1.82) is 0 Å². The molecule has 1 aromatic carbocycles. The van der Waals surface area contributed by atoms with Crippen LogP contribution >= 0.6 is 0 Å². The van der Waals surface area contributed by atoms with Gasteiger partial charge in [-0.25, -0.2) is 0 Å². The second-order valence-electron chi connectivity index (χ2n) is 3.83. The third-order valence-corrected chi connectivity index (χ3v) is 2.62. The highest BCUT2D eigenvalue weighted by Crippen LogP contribution is 2.14. The molecule has 0 saturated heterocycles. The van der Waals surface area contributed by atoms with Gasteiger partial charge in [-0.2, -0.15) is 0 Å². The van der Waals surface area contributed by atoms with Crippen LogP contribution in [0.25, 0.3) is 0 Å². The maximum atomic E-state index is 4.90. The fraction of sp³-hybridized carbons (Fsp3) is 0.462. The van der Waals surface area contributed by atoms with Crippen molar-refractivity contribution in [3.8, 4) is 0 Å². The fourth-order valence-electron chi connectivity index (χ4n) is 1.44. The number of hydrogen-bond donors (Lipinski definition) is 0. The molecule has 0 bridgehead atoms. The number of oxime groups is 1. The van der Waals surface area contributed by atoms with Crippen LogP contribution < -0.4 is 0 Å². The van der Waals surface area contributed by atoms with Crippen molar-refractivity contribution in [2.24, 2.45) is 11.1 Å².